The molecule has 1 heterocycles. The van der Waals surface area contributed by atoms with E-state index >= 15 is 0 Å². The van der Waals surface area contributed by atoms with Crippen LogP contribution in [0, 0.1) is 0 Å². The van der Waals surface area contributed by atoms with Gasteiger partial charge >= 0.3 is 12.1 Å². The molecule has 1 amide bonds. The van der Waals surface area contributed by atoms with E-state index in [4.69, 9.17) is 0 Å². The summed E-state index contributed by atoms with van der Waals surface area (Å²) in [6.45, 7) is 1.60. The Morgan fingerprint density at radius 3 is 2.62 bits per heavy atom. The van der Waals surface area contributed by atoms with Crippen molar-refractivity contribution in [3.8, 4) is 0 Å². The molecule has 16 heavy (non-hydrogen) atoms. The van der Waals surface area contributed by atoms with E-state index in [-0.39, 0.29) is 0 Å². The van der Waals surface area contributed by atoms with Crippen LogP contribution in [0.4, 0.5) is 13.2 Å². The molecule has 0 radical (unpaired) electrons. The monoisotopic (exact) mass is 251 g/mol. The largest absolute Gasteiger partial charge is 0.471 e. The van der Waals surface area contributed by atoms with Crippen molar-refractivity contribution in [2.45, 2.75) is 25.6 Å². The molecule has 0 aliphatic heterocycles. The summed E-state index contributed by atoms with van der Waals surface area (Å²) in [4.78, 5) is 12.6. The van der Waals surface area contributed by atoms with Gasteiger partial charge in [-0.2, -0.15) is 13.2 Å². The number of hydrogen-bond donors (Lipinski definition) is 0. The first-order valence-corrected chi connectivity index (χ1v) is 5.56. The third kappa shape index (κ3) is 3.23. The molecule has 0 spiro atoms. The van der Waals surface area contributed by atoms with Crippen LogP contribution >= 0.6 is 11.3 Å². The minimum atomic E-state index is -4.79. The second-order valence-corrected chi connectivity index (χ2v) is 4.58. The molecule has 1 rings (SSSR count). The van der Waals surface area contributed by atoms with E-state index in [2.05, 4.69) is 0 Å². The van der Waals surface area contributed by atoms with Crippen LogP contribution in [-0.2, 0) is 11.2 Å². The molecule has 6 heteroatoms. The van der Waals surface area contributed by atoms with Crippen LogP contribution in [0.25, 0.3) is 0 Å². The van der Waals surface area contributed by atoms with Crippen LogP contribution in [-0.4, -0.2) is 30.1 Å². The van der Waals surface area contributed by atoms with E-state index < -0.39 is 18.1 Å². The second-order valence-electron chi connectivity index (χ2n) is 3.55. The molecular formula is C10H12F3NOS. The van der Waals surface area contributed by atoms with E-state index in [1.165, 1.54) is 18.4 Å². The highest BCUT2D eigenvalue weighted by atomic mass is 32.1. The molecule has 1 atom stereocenters. The lowest BCUT2D eigenvalue weighted by molar-refractivity contribution is -0.185. The molecule has 0 fully saturated rings. The van der Waals surface area contributed by atoms with Gasteiger partial charge in [0.1, 0.15) is 0 Å². The van der Waals surface area contributed by atoms with Crippen molar-refractivity contribution in [1.82, 2.24) is 4.90 Å². The lowest BCUT2D eigenvalue weighted by Gasteiger charge is -2.25. The Morgan fingerprint density at radius 1 is 1.56 bits per heavy atom. The highest BCUT2D eigenvalue weighted by Crippen LogP contribution is 2.20. The number of thiophene rings is 1. The normalized spacial score (nSPS) is 13.6. The van der Waals surface area contributed by atoms with Crippen molar-refractivity contribution in [3.63, 3.8) is 0 Å². The van der Waals surface area contributed by atoms with Crippen LogP contribution in [0.3, 0.4) is 0 Å². The van der Waals surface area contributed by atoms with Crippen molar-refractivity contribution in [2.75, 3.05) is 7.05 Å². The highest BCUT2D eigenvalue weighted by Gasteiger charge is 2.42. The van der Waals surface area contributed by atoms with Crippen LogP contribution in [0.2, 0.25) is 0 Å². The summed E-state index contributed by atoms with van der Waals surface area (Å²) in [5.74, 6) is -1.79. The first-order chi connectivity index (χ1) is 7.32. The summed E-state index contributed by atoms with van der Waals surface area (Å²) >= 11 is 1.47. The van der Waals surface area contributed by atoms with Gasteiger partial charge in [-0.15, -0.1) is 11.3 Å². The molecule has 0 aliphatic rings. The minimum Gasteiger partial charge on any atom is -0.335 e. The quantitative estimate of drug-likeness (QED) is 0.808. The summed E-state index contributed by atoms with van der Waals surface area (Å²) in [7, 11) is 1.17. The smallest absolute Gasteiger partial charge is 0.335 e. The number of alkyl halides is 3. The van der Waals surface area contributed by atoms with Crippen LogP contribution in [0.1, 0.15) is 11.8 Å². The van der Waals surface area contributed by atoms with E-state index in [1.807, 2.05) is 17.5 Å². The van der Waals surface area contributed by atoms with Gasteiger partial charge in [-0.05, 0) is 18.4 Å². The van der Waals surface area contributed by atoms with Gasteiger partial charge in [0.25, 0.3) is 0 Å². The van der Waals surface area contributed by atoms with Gasteiger partial charge in [-0.1, -0.05) is 6.07 Å². The van der Waals surface area contributed by atoms with Gasteiger partial charge in [0, 0.05) is 24.4 Å². The van der Waals surface area contributed by atoms with E-state index in [0.29, 0.717) is 6.42 Å². The molecule has 0 saturated heterocycles. The fourth-order valence-electron chi connectivity index (χ4n) is 1.26. The zero-order valence-corrected chi connectivity index (χ0v) is 9.73. The lowest BCUT2D eigenvalue weighted by Crippen LogP contribution is -2.44. The van der Waals surface area contributed by atoms with Crippen molar-refractivity contribution in [1.29, 1.82) is 0 Å². The molecule has 2 nitrogen and oxygen atoms in total. The van der Waals surface area contributed by atoms with E-state index in [1.54, 1.807) is 6.92 Å². The Labute approximate surface area is 95.7 Å². The van der Waals surface area contributed by atoms with Gasteiger partial charge in [0.2, 0.25) is 0 Å². The maximum Gasteiger partial charge on any atom is 0.471 e. The first kappa shape index (κ1) is 13.0. The maximum absolute atomic E-state index is 12.2. The van der Waals surface area contributed by atoms with Crippen LogP contribution in [0.5, 0.6) is 0 Å². The Kier molecular flexibility index (Phi) is 3.96. The van der Waals surface area contributed by atoms with Crippen molar-refractivity contribution in [2.24, 2.45) is 0 Å². The van der Waals surface area contributed by atoms with E-state index in [9.17, 15) is 18.0 Å². The summed E-state index contributed by atoms with van der Waals surface area (Å²) in [5.41, 5.74) is 0. The number of carbonyl (C=O) groups is 1. The first-order valence-electron chi connectivity index (χ1n) is 4.68. The number of likely N-dealkylation sites (N-methyl/N-ethyl adjacent to an activating group) is 1. The number of carbonyl (C=O) groups excluding carboxylic acids is 1. The van der Waals surface area contributed by atoms with Crippen molar-refractivity contribution in [3.05, 3.63) is 22.4 Å². The minimum absolute atomic E-state index is 0.440. The Morgan fingerprint density at radius 2 is 2.19 bits per heavy atom. The van der Waals surface area contributed by atoms with Gasteiger partial charge < -0.3 is 4.90 Å². The van der Waals surface area contributed by atoms with Crippen LogP contribution < -0.4 is 0 Å². The fraction of sp³-hybridized carbons (Fsp3) is 0.500. The number of hydrogen-bond acceptors (Lipinski definition) is 2. The Balaban J connectivity index is 2.61. The number of amides is 1. The Hall–Kier alpha value is -1.04. The second kappa shape index (κ2) is 4.86. The average molecular weight is 251 g/mol. The van der Waals surface area contributed by atoms with Gasteiger partial charge in [-0.25, -0.2) is 0 Å². The molecule has 0 N–H and O–H groups in total. The molecule has 1 unspecified atom stereocenters. The number of rotatable bonds is 3. The predicted molar refractivity (Wildman–Crippen MR) is 56.3 cm³/mol. The average Bonchev–Trinajstić information content (AvgIpc) is 2.66. The molecule has 0 aliphatic carbocycles. The summed E-state index contributed by atoms with van der Waals surface area (Å²) < 4.78 is 36.5. The van der Waals surface area contributed by atoms with Gasteiger partial charge in [-0.3, -0.25) is 4.79 Å². The zero-order chi connectivity index (χ0) is 12.3. The summed E-state index contributed by atoms with van der Waals surface area (Å²) in [5, 5.41) is 1.85. The zero-order valence-electron chi connectivity index (χ0n) is 8.91. The topological polar surface area (TPSA) is 20.3 Å². The molecular weight excluding hydrogens is 239 g/mol. The summed E-state index contributed by atoms with van der Waals surface area (Å²) in [6.07, 6.45) is -4.35. The predicted octanol–water partition coefficient (Wildman–Crippen LogP) is 2.70. The van der Waals surface area contributed by atoms with Crippen molar-refractivity contribution >= 4 is 17.2 Å². The fourth-order valence-corrected chi connectivity index (χ4v) is 2.08. The highest BCUT2D eigenvalue weighted by molar-refractivity contribution is 7.09. The van der Waals surface area contributed by atoms with Crippen LogP contribution in [0.15, 0.2) is 17.5 Å². The molecule has 1 aromatic heterocycles. The van der Waals surface area contributed by atoms with Gasteiger partial charge in [0.15, 0.2) is 0 Å². The molecule has 0 aromatic carbocycles. The molecule has 0 bridgehead atoms. The molecule has 1 aromatic rings. The lowest BCUT2D eigenvalue weighted by atomic mass is 10.2. The molecule has 90 valence electrons. The Bertz CT molecular complexity index is 347. The standard InChI is InChI=1S/C10H12F3NOS/c1-7(6-8-4-3-5-16-8)14(2)9(15)10(11,12)13/h3-5,7H,6H2,1-2H3. The van der Waals surface area contributed by atoms with E-state index in [0.717, 1.165) is 9.78 Å². The molecule has 0 saturated carbocycles. The number of halogens is 3. The van der Waals surface area contributed by atoms with Crippen molar-refractivity contribution < 1.29 is 18.0 Å². The third-order valence-electron chi connectivity index (χ3n) is 2.30. The summed E-state index contributed by atoms with van der Waals surface area (Å²) in [6, 6.07) is 3.21. The SMILES string of the molecule is CC(Cc1cccs1)N(C)C(=O)C(F)(F)F. The van der Waals surface area contributed by atoms with Gasteiger partial charge in [0.05, 0.1) is 0 Å². The maximum atomic E-state index is 12.2. The number of nitrogens with zero attached hydrogens (tertiary/aromatic N) is 1. The third-order valence-corrected chi connectivity index (χ3v) is 3.20.